The van der Waals surface area contributed by atoms with Crippen LogP contribution in [0.25, 0.3) is 0 Å². The van der Waals surface area contributed by atoms with E-state index in [-0.39, 0.29) is 11.2 Å². The van der Waals surface area contributed by atoms with Gasteiger partial charge in [-0.25, -0.2) is 5.43 Å². The number of carbonyl (C=O) groups is 1. The van der Waals surface area contributed by atoms with Crippen molar-refractivity contribution in [3.63, 3.8) is 0 Å². The maximum atomic E-state index is 11.9. The summed E-state index contributed by atoms with van der Waals surface area (Å²) in [5.74, 6) is 2.04. The minimum Gasteiger partial charge on any atom is -0.459 e. The van der Waals surface area contributed by atoms with Gasteiger partial charge in [0.25, 0.3) is 5.91 Å². The molecule has 1 atom stereocenters. The molecule has 2 aromatic rings. The maximum Gasteiger partial charge on any atom is 0.252 e. The van der Waals surface area contributed by atoms with E-state index >= 15 is 0 Å². The summed E-state index contributed by atoms with van der Waals surface area (Å²) in [5.41, 5.74) is 3.73. The van der Waals surface area contributed by atoms with Crippen LogP contribution in [0.15, 0.2) is 50.4 Å². The van der Waals surface area contributed by atoms with Crippen molar-refractivity contribution >= 4 is 39.8 Å². The van der Waals surface area contributed by atoms with Gasteiger partial charge in [-0.3, -0.25) is 4.79 Å². The van der Waals surface area contributed by atoms with Gasteiger partial charge in [0.05, 0.1) is 15.9 Å². The van der Waals surface area contributed by atoms with Gasteiger partial charge in [-0.1, -0.05) is 30.3 Å². The SMILES string of the molecule is Cc1oc(/C=N/NC(=O)C(C)SCc2ccccc2)cc1Br. The molecule has 0 saturated heterocycles. The topological polar surface area (TPSA) is 54.6 Å². The van der Waals surface area contributed by atoms with Crippen LogP contribution in [0.1, 0.15) is 24.0 Å². The number of benzene rings is 1. The van der Waals surface area contributed by atoms with Crippen molar-refractivity contribution in [2.45, 2.75) is 24.9 Å². The molecule has 0 radical (unpaired) electrons. The van der Waals surface area contributed by atoms with Crippen molar-refractivity contribution < 1.29 is 9.21 Å². The monoisotopic (exact) mass is 380 g/mol. The van der Waals surface area contributed by atoms with E-state index < -0.39 is 0 Å². The zero-order chi connectivity index (χ0) is 15.9. The molecular weight excluding hydrogens is 364 g/mol. The zero-order valence-corrected chi connectivity index (χ0v) is 14.8. The minimum atomic E-state index is -0.178. The van der Waals surface area contributed by atoms with Crippen LogP contribution in [0, 0.1) is 6.92 Å². The number of hydrogen-bond acceptors (Lipinski definition) is 4. The average Bonchev–Trinajstić information content (AvgIpc) is 2.84. The Balaban J connectivity index is 1.78. The normalized spacial score (nSPS) is 12.5. The van der Waals surface area contributed by atoms with Crippen LogP contribution in [-0.4, -0.2) is 17.4 Å². The molecule has 2 rings (SSSR count). The molecule has 6 heteroatoms. The summed E-state index contributed by atoms with van der Waals surface area (Å²) in [6.45, 7) is 3.72. The number of aryl methyl sites for hydroxylation is 1. The minimum absolute atomic E-state index is 0.125. The molecule has 0 spiro atoms. The molecule has 1 N–H and O–H groups in total. The van der Waals surface area contributed by atoms with Gasteiger partial charge < -0.3 is 4.42 Å². The number of thioether (sulfide) groups is 1. The number of hydrogen-bond donors (Lipinski definition) is 1. The number of amides is 1. The van der Waals surface area contributed by atoms with Crippen LogP contribution in [0.5, 0.6) is 0 Å². The van der Waals surface area contributed by atoms with Crippen LogP contribution < -0.4 is 5.43 Å². The van der Waals surface area contributed by atoms with Crippen molar-refractivity contribution in [2.75, 3.05) is 0 Å². The second-order valence-electron chi connectivity index (χ2n) is 4.73. The molecule has 1 aromatic carbocycles. The third-order valence-electron chi connectivity index (χ3n) is 2.95. The fourth-order valence-electron chi connectivity index (χ4n) is 1.67. The Kier molecular flexibility index (Phi) is 6.27. The third-order valence-corrected chi connectivity index (χ3v) is 4.96. The first-order valence-electron chi connectivity index (χ1n) is 6.80. The highest BCUT2D eigenvalue weighted by Crippen LogP contribution is 2.19. The van der Waals surface area contributed by atoms with Crippen LogP contribution in [-0.2, 0) is 10.5 Å². The molecule has 116 valence electrons. The molecule has 0 aliphatic carbocycles. The fraction of sp³-hybridized carbons (Fsp3) is 0.250. The molecule has 0 saturated carbocycles. The molecule has 0 aliphatic heterocycles. The Morgan fingerprint density at radius 1 is 1.45 bits per heavy atom. The summed E-state index contributed by atoms with van der Waals surface area (Å²) in [5, 5.41) is 3.74. The highest BCUT2D eigenvalue weighted by molar-refractivity contribution is 9.10. The predicted molar refractivity (Wildman–Crippen MR) is 94.1 cm³/mol. The molecule has 1 amide bonds. The van der Waals surface area contributed by atoms with Crippen molar-refractivity contribution in [2.24, 2.45) is 5.10 Å². The number of carbonyl (C=O) groups excluding carboxylic acids is 1. The Hall–Kier alpha value is -1.53. The van der Waals surface area contributed by atoms with E-state index in [1.54, 1.807) is 17.8 Å². The number of nitrogens with zero attached hydrogens (tertiary/aromatic N) is 1. The molecule has 22 heavy (non-hydrogen) atoms. The Labute approximate surface area is 142 Å². The fourth-order valence-corrected chi connectivity index (χ4v) is 2.81. The van der Waals surface area contributed by atoms with E-state index in [9.17, 15) is 4.79 Å². The van der Waals surface area contributed by atoms with Crippen LogP contribution in [0.3, 0.4) is 0 Å². The predicted octanol–water partition coefficient (Wildman–Crippen LogP) is 4.12. The van der Waals surface area contributed by atoms with Gasteiger partial charge in [-0.05, 0) is 35.3 Å². The van der Waals surface area contributed by atoms with Crippen LogP contribution in [0.4, 0.5) is 0 Å². The Morgan fingerprint density at radius 3 is 2.82 bits per heavy atom. The molecule has 4 nitrogen and oxygen atoms in total. The zero-order valence-electron chi connectivity index (χ0n) is 12.4. The van der Waals surface area contributed by atoms with E-state index in [2.05, 4.69) is 26.5 Å². The van der Waals surface area contributed by atoms with E-state index in [1.165, 1.54) is 11.8 Å². The summed E-state index contributed by atoms with van der Waals surface area (Å²) >= 11 is 4.93. The van der Waals surface area contributed by atoms with E-state index in [4.69, 9.17) is 4.42 Å². The number of furan rings is 1. The first-order chi connectivity index (χ1) is 10.6. The van der Waals surface area contributed by atoms with Crippen molar-refractivity contribution in [1.82, 2.24) is 5.43 Å². The number of halogens is 1. The smallest absolute Gasteiger partial charge is 0.252 e. The van der Waals surface area contributed by atoms with Gasteiger partial charge >= 0.3 is 0 Å². The maximum absolute atomic E-state index is 11.9. The van der Waals surface area contributed by atoms with Gasteiger partial charge in [0.15, 0.2) is 0 Å². The molecular formula is C16H17BrN2O2S. The van der Waals surface area contributed by atoms with Gasteiger partial charge in [0, 0.05) is 11.8 Å². The van der Waals surface area contributed by atoms with Crippen LogP contribution in [0.2, 0.25) is 0 Å². The number of hydrazone groups is 1. The lowest BCUT2D eigenvalue weighted by atomic mass is 10.2. The first-order valence-corrected chi connectivity index (χ1v) is 8.65. The Morgan fingerprint density at radius 2 is 2.18 bits per heavy atom. The molecule has 0 fully saturated rings. The van der Waals surface area contributed by atoms with E-state index in [1.807, 2.05) is 44.2 Å². The average molecular weight is 381 g/mol. The van der Waals surface area contributed by atoms with Gasteiger partial charge in [-0.2, -0.15) is 5.10 Å². The number of nitrogens with one attached hydrogen (secondary N) is 1. The summed E-state index contributed by atoms with van der Waals surface area (Å²) in [6.07, 6.45) is 1.49. The first kappa shape index (κ1) is 16.8. The van der Waals surface area contributed by atoms with E-state index in [0.717, 1.165) is 16.0 Å². The largest absolute Gasteiger partial charge is 0.459 e. The molecule has 1 unspecified atom stereocenters. The highest BCUT2D eigenvalue weighted by atomic mass is 79.9. The molecule has 0 bridgehead atoms. The Bertz CT molecular complexity index is 636. The second-order valence-corrected chi connectivity index (χ2v) is 6.91. The third kappa shape index (κ3) is 5.03. The van der Waals surface area contributed by atoms with E-state index in [0.29, 0.717) is 5.76 Å². The summed E-state index contributed by atoms with van der Waals surface area (Å²) in [7, 11) is 0. The number of rotatable bonds is 6. The van der Waals surface area contributed by atoms with Crippen LogP contribution >= 0.6 is 27.7 Å². The standard InChI is InChI=1S/C16H17BrN2O2S/c1-11-15(17)8-14(21-11)9-18-19-16(20)12(2)22-10-13-6-4-3-5-7-13/h3-9,12H,10H2,1-2H3,(H,19,20)/b18-9+. The lowest BCUT2D eigenvalue weighted by Crippen LogP contribution is -2.26. The van der Waals surface area contributed by atoms with Gasteiger partial charge in [0.2, 0.25) is 0 Å². The quantitative estimate of drug-likeness (QED) is 0.605. The molecule has 0 aliphatic rings. The lowest BCUT2D eigenvalue weighted by Gasteiger charge is -2.09. The second kappa shape index (κ2) is 8.19. The molecule has 1 heterocycles. The summed E-state index contributed by atoms with van der Waals surface area (Å²) in [4.78, 5) is 11.9. The van der Waals surface area contributed by atoms with Crippen molar-refractivity contribution in [1.29, 1.82) is 0 Å². The van der Waals surface area contributed by atoms with Crippen molar-refractivity contribution in [3.05, 3.63) is 58.0 Å². The van der Waals surface area contributed by atoms with Gasteiger partial charge in [0.1, 0.15) is 11.5 Å². The van der Waals surface area contributed by atoms with Crippen molar-refractivity contribution in [3.8, 4) is 0 Å². The highest BCUT2D eigenvalue weighted by Gasteiger charge is 2.12. The van der Waals surface area contributed by atoms with Gasteiger partial charge in [-0.15, -0.1) is 11.8 Å². The lowest BCUT2D eigenvalue weighted by molar-refractivity contribution is -0.120. The summed E-state index contributed by atoms with van der Waals surface area (Å²) in [6, 6.07) is 11.9. The summed E-state index contributed by atoms with van der Waals surface area (Å²) < 4.78 is 6.29. The molecule has 1 aromatic heterocycles.